The lowest BCUT2D eigenvalue weighted by atomic mass is 10.0. The Hall–Kier alpha value is -1.72. The third-order valence-corrected chi connectivity index (χ3v) is 2.00. The van der Waals surface area contributed by atoms with Crippen LogP contribution in [0.3, 0.4) is 0 Å². The van der Waals surface area contributed by atoms with E-state index >= 15 is 0 Å². The minimum Gasteiger partial charge on any atom is -0.399 e. The van der Waals surface area contributed by atoms with Crippen LogP contribution in [-0.4, -0.2) is 5.91 Å². The molecular weight excluding hydrogens is 221 g/mol. The molecule has 0 aliphatic heterocycles. The van der Waals surface area contributed by atoms with Gasteiger partial charge in [-0.1, -0.05) is 0 Å². The number of rotatable bonds is 3. The number of amides is 1. The van der Waals surface area contributed by atoms with Crippen molar-refractivity contribution in [3.63, 3.8) is 0 Å². The molecule has 0 aliphatic carbocycles. The Morgan fingerprint density at radius 1 is 1.25 bits per heavy atom. The van der Waals surface area contributed by atoms with Gasteiger partial charge in [-0.3, -0.25) is 4.79 Å². The van der Waals surface area contributed by atoms with Crippen LogP contribution in [0.1, 0.15) is 17.5 Å². The number of carbonyl (C=O) groups is 1. The van der Waals surface area contributed by atoms with E-state index in [9.17, 15) is 18.0 Å². The standard InChI is InChI=1S/C10H11F3N2O/c11-10(12,13)7-3-6(1-2-9(15)16)4-8(14)5-7/h3-5H,1-2,14H2,(H2,15,16). The van der Waals surface area contributed by atoms with Crippen molar-refractivity contribution in [1.29, 1.82) is 0 Å². The summed E-state index contributed by atoms with van der Waals surface area (Å²) in [6.45, 7) is 0. The van der Waals surface area contributed by atoms with Crippen LogP contribution < -0.4 is 11.5 Å². The smallest absolute Gasteiger partial charge is 0.399 e. The number of hydrogen-bond acceptors (Lipinski definition) is 2. The van der Waals surface area contributed by atoms with Crippen LogP contribution in [0.5, 0.6) is 0 Å². The molecular formula is C10H11F3N2O. The Morgan fingerprint density at radius 2 is 1.88 bits per heavy atom. The first-order valence-electron chi connectivity index (χ1n) is 4.54. The molecule has 0 unspecified atom stereocenters. The van der Waals surface area contributed by atoms with Crippen molar-refractivity contribution in [1.82, 2.24) is 0 Å². The fourth-order valence-electron chi connectivity index (χ4n) is 1.29. The van der Waals surface area contributed by atoms with Crippen LogP contribution in [0.25, 0.3) is 0 Å². The van der Waals surface area contributed by atoms with Crippen molar-refractivity contribution in [2.24, 2.45) is 5.73 Å². The van der Waals surface area contributed by atoms with Gasteiger partial charge in [0.05, 0.1) is 5.56 Å². The number of anilines is 1. The fraction of sp³-hybridized carbons (Fsp3) is 0.300. The molecule has 88 valence electrons. The van der Waals surface area contributed by atoms with E-state index in [0.29, 0.717) is 5.56 Å². The highest BCUT2D eigenvalue weighted by Crippen LogP contribution is 2.31. The zero-order valence-corrected chi connectivity index (χ0v) is 8.34. The van der Waals surface area contributed by atoms with Crippen molar-refractivity contribution in [2.75, 3.05) is 5.73 Å². The van der Waals surface area contributed by atoms with Gasteiger partial charge < -0.3 is 11.5 Å². The number of primary amides is 1. The lowest BCUT2D eigenvalue weighted by Crippen LogP contribution is -2.12. The summed E-state index contributed by atoms with van der Waals surface area (Å²) in [5, 5.41) is 0. The molecule has 16 heavy (non-hydrogen) atoms. The summed E-state index contributed by atoms with van der Waals surface area (Å²) in [6, 6.07) is 3.23. The van der Waals surface area contributed by atoms with Gasteiger partial charge in [-0.2, -0.15) is 13.2 Å². The van der Waals surface area contributed by atoms with E-state index in [2.05, 4.69) is 0 Å². The van der Waals surface area contributed by atoms with E-state index in [0.717, 1.165) is 12.1 Å². The highest BCUT2D eigenvalue weighted by atomic mass is 19.4. The van der Waals surface area contributed by atoms with Crippen LogP contribution >= 0.6 is 0 Å². The Labute approximate surface area is 90.2 Å². The van der Waals surface area contributed by atoms with E-state index in [1.807, 2.05) is 0 Å². The van der Waals surface area contributed by atoms with Gasteiger partial charge in [-0.25, -0.2) is 0 Å². The number of carbonyl (C=O) groups excluding carboxylic acids is 1. The van der Waals surface area contributed by atoms with Crippen LogP contribution in [-0.2, 0) is 17.4 Å². The highest BCUT2D eigenvalue weighted by molar-refractivity contribution is 5.74. The second-order valence-corrected chi connectivity index (χ2v) is 3.43. The molecule has 1 aromatic carbocycles. The van der Waals surface area contributed by atoms with Gasteiger partial charge in [0.1, 0.15) is 0 Å². The lowest BCUT2D eigenvalue weighted by Gasteiger charge is -2.09. The molecule has 0 bridgehead atoms. The zero-order chi connectivity index (χ0) is 12.3. The zero-order valence-electron chi connectivity index (χ0n) is 8.34. The molecule has 3 nitrogen and oxygen atoms in total. The molecule has 4 N–H and O–H groups in total. The van der Waals surface area contributed by atoms with Crippen molar-refractivity contribution in [2.45, 2.75) is 19.0 Å². The Bertz CT molecular complexity index is 402. The van der Waals surface area contributed by atoms with Crippen LogP contribution in [0.15, 0.2) is 18.2 Å². The predicted molar refractivity (Wildman–Crippen MR) is 53.4 cm³/mol. The summed E-state index contributed by atoms with van der Waals surface area (Å²) < 4.78 is 37.2. The summed E-state index contributed by atoms with van der Waals surface area (Å²) in [6.07, 6.45) is -4.28. The monoisotopic (exact) mass is 232 g/mol. The first-order valence-corrected chi connectivity index (χ1v) is 4.54. The molecule has 1 aromatic rings. The molecule has 0 saturated carbocycles. The van der Waals surface area contributed by atoms with Crippen molar-refractivity contribution < 1.29 is 18.0 Å². The molecule has 0 aromatic heterocycles. The van der Waals surface area contributed by atoms with Gasteiger partial charge in [0.25, 0.3) is 0 Å². The van der Waals surface area contributed by atoms with Crippen LogP contribution in [0, 0.1) is 0 Å². The highest BCUT2D eigenvalue weighted by Gasteiger charge is 2.30. The topological polar surface area (TPSA) is 69.1 Å². The minimum atomic E-state index is -4.43. The maximum atomic E-state index is 12.4. The van der Waals surface area contributed by atoms with E-state index in [1.165, 1.54) is 6.07 Å². The third kappa shape index (κ3) is 3.45. The van der Waals surface area contributed by atoms with E-state index in [-0.39, 0.29) is 18.5 Å². The number of aryl methyl sites for hydroxylation is 1. The van der Waals surface area contributed by atoms with Gasteiger partial charge in [0.15, 0.2) is 0 Å². The fourth-order valence-corrected chi connectivity index (χ4v) is 1.29. The third-order valence-electron chi connectivity index (χ3n) is 2.00. The van der Waals surface area contributed by atoms with Crippen molar-refractivity contribution in [3.05, 3.63) is 29.3 Å². The van der Waals surface area contributed by atoms with Crippen LogP contribution in [0.2, 0.25) is 0 Å². The molecule has 0 radical (unpaired) electrons. The molecule has 0 saturated heterocycles. The maximum Gasteiger partial charge on any atom is 0.416 e. The average molecular weight is 232 g/mol. The normalized spacial score (nSPS) is 11.4. The number of nitrogens with two attached hydrogens (primary N) is 2. The van der Waals surface area contributed by atoms with Gasteiger partial charge in [0.2, 0.25) is 5.91 Å². The molecule has 0 fully saturated rings. The second kappa shape index (κ2) is 4.42. The Balaban J connectivity index is 2.94. The summed E-state index contributed by atoms with van der Waals surface area (Å²) in [5.74, 6) is -0.559. The van der Waals surface area contributed by atoms with Crippen molar-refractivity contribution >= 4 is 11.6 Å². The van der Waals surface area contributed by atoms with Crippen molar-refractivity contribution in [3.8, 4) is 0 Å². The van der Waals surface area contributed by atoms with Crippen LogP contribution in [0.4, 0.5) is 18.9 Å². The average Bonchev–Trinajstić information content (AvgIpc) is 2.12. The number of nitrogen functional groups attached to an aromatic ring is 1. The van der Waals surface area contributed by atoms with Gasteiger partial charge >= 0.3 is 6.18 Å². The molecule has 1 amide bonds. The Kier molecular flexibility index (Phi) is 3.41. The molecule has 0 spiro atoms. The number of halogens is 3. The van der Waals surface area contributed by atoms with Gasteiger partial charge in [-0.05, 0) is 30.2 Å². The maximum absolute atomic E-state index is 12.4. The van der Waals surface area contributed by atoms with Gasteiger partial charge in [-0.15, -0.1) is 0 Å². The number of benzene rings is 1. The van der Waals surface area contributed by atoms with E-state index in [1.54, 1.807) is 0 Å². The first kappa shape index (κ1) is 12.4. The number of alkyl halides is 3. The summed E-state index contributed by atoms with van der Waals surface area (Å²) in [4.78, 5) is 10.5. The number of hydrogen-bond donors (Lipinski definition) is 2. The quantitative estimate of drug-likeness (QED) is 0.779. The summed E-state index contributed by atoms with van der Waals surface area (Å²) in [7, 11) is 0. The van der Waals surface area contributed by atoms with Gasteiger partial charge in [0, 0.05) is 12.1 Å². The minimum absolute atomic E-state index is 0.000745. The lowest BCUT2D eigenvalue weighted by molar-refractivity contribution is -0.137. The molecule has 0 heterocycles. The summed E-state index contributed by atoms with van der Waals surface area (Å²) >= 11 is 0. The summed E-state index contributed by atoms with van der Waals surface area (Å²) in [5.41, 5.74) is 9.82. The SMILES string of the molecule is NC(=O)CCc1cc(N)cc(C(F)(F)F)c1. The first-order chi connectivity index (χ1) is 7.29. The molecule has 1 rings (SSSR count). The van der Waals surface area contributed by atoms with E-state index < -0.39 is 17.6 Å². The molecule has 0 aliphatic rings. The molecule has 6 heteroatoms. The van der Waals surface area contributed by atoms with E-state index in [4.69, 9.17) is 11.5 Å². The largest absolute Gasteiger partial charge is 0.416 e. The molecule has 0 atom stereocenters. The predicted octanol–water partition coefficient (Wildman–Crippen LogP) is 1.71. The Morgan fingerprint density at radius 3 is 2.38 bits per heavy atom. The second-order valence-electron chi connectivity index (χ2n) is 3.43.